The molecular formula is C27H26BrClN2O6. The summed E-state index contributed by atoms with van der Waals surface area (Å²) in [5.74, 6) is 0.738. The van der Waals surface area contributed by atoms with Gasteiger partial charge < -0.3 is 24.8 Å². The number of esters is 1. The number of benzene rings is 3. The molecule has 0 saturated carbocycles. The highest BCUT2D eigenvalue weighted by Gasteiger charge is 2.12. The van der Waals surface area contributed by atoms with Gasteiger partial charge in [0, 0.05) is 28.7 Å². The molecule has 0 heterocycles. The molecule has 0 bridgehead atoms. The zero-order chi connectivity index (χ0) is 26.8. The first-order valence-electron chi connectivity index (χ1n) is 11.4. The number of aryl methyl sites for hydroxylation is 1. The molecule has 37 heavy (non-hydrogen) atoms. The largest absolute Gasteiger partial charge is 0.497 e. The predicted molar refractivity (Wildman–Crippen MR) is 145 cm³/mol. The van der Waals surface area contributed by atoms with E-state index in [0.29, 0.717) is 27.9 Å². The summed E-state index contributed by atoms with van der Waals surface area (Å²) in [6.07, 6.45) is 0.423. The lowest BCUT2D eigenvalue weighted by atomic mass is 10.2. The van der Waals surface area contributed by atoms with Crippen LogP contribution in [0.1, 0.15) is 24.8 Å². The van der Waals surface area contributed by atoms with Crippen molar-refractivity contribution < 1.29 is 28.6 Å². The summed E-state index contributed by atoms with van der Waals surface area (Å²) in [5.41, 5.74) is 1.95. The van der Waals surface area contributed by atoms with Gasteiger partial charge in [-0.15, -0.1) is 0 Å². The second kappa shape index (κ2) is 13.7. The molecular weight excluding hydrogens is 564 g/mol. The van der Waals surface area contributed by atoms with Gasteiger partial charge >= 0.3 is 5.97 Å². The summed E-state index contributed by atoms with van der Waals surface area (Å²) < 4.78 is 16.6. The Balaban J connectivity index is 1.34. The number of hydrogen-bond donors (Lipinski definition) is 2. The molecule has 2 amide bonds. The zero-order valence-corrected chi connectivity index (χ0v) is 22.6. The Morgan fingerprint density at radius 2 is 1.49 bits per heavy atom. The van der Waals surface area contributed by atoms with Crippen molar-refractivity contribution in [2.45, 2.75) is 26.2 Å². The summed E-state index contributed by atoms with van der Waals surface area (Å²) >= 11 is 9.37. The first-order valence-corrected chi connectivity index (χ1v) is 12.5. The van der Waals surface area contributed by atoms with Gasteiger partial charge in [-0.25, -0.2) is 0 Å². The molecule has 3 rings (SSSR count). The second-order valence-corrected chi connectivity index (χ2v) is 9.26. The van der Waals surface area contributed by atoms with Gasteiger partial charge in [-0.1, -0.05) is 11.6 Å². The van der Waals surface area contributed by atoms with Gasteiger partial charge in [0.15, 0.2) is 6.61 Å². The highest BCUT2D eigenvalue weighted by atomic mass is 79.9. The minimum absolute atomic E-state index is 0.0124. The Morgan fingerprint density at radius 3 is 2.14 bits per heavy atom. The molecule has 0 unspecified atom stereocenters. The standard InChI is InChI=1S/C27H26BrClN2O6/c1-17-14-22(28)23(29)15-24(17)31-26(33)16-36-27(34)5-3-4-25(32)30-18-6-8-20(9-7-18)37-21-12-10-19(35-2)11-13-21/h6-15H,3-5,16H2,1-2H3,(H,30,32)(H,31,33). The van der Waals surface area contributed by atoms with E-state index in [-0.39, 0.29) is 25.2 Å². The van der Waals surface area contributed by atoms with Crippen LogP contribution in [0.15, 0.2) is 65.1 Å². The number of ether oxygens (including phenoxy) is 3. The highest BCUT2D eigenvalue weighted by Crippen LogP contribution is 2.29. The van der Waals surface area contributed by atoms with Crippen molar-refractivity contribution in [3.8, 4) is 17.2 Å². The SMILES string of the molecule is COc1ccc(Oc2ccc(NC(=O)CCCC(=O)OCC(=O)Nc3cc(Cl)c(Br)cc3C)cc2)cc1. The molecule has 0 spiro atoms. The number of nitrogens with one attached hydrogen (secondary N) is 2. The molecule has 0 aliphatic carbocycles. The van der Waals surface area contributed by atoms with Crippen LogP contribution in [0.2, 0.25) is 5.02 Å². The number of carbonyl (C=O) groups is 3. The molecule has 0 fully saturated rings. The summed E-state index contributed by atoms with van der Waals surface area (Å²) in [5, 5.41) is 5.88. The molecule has 0 aromatic heterocycles. The van der Waals surface area contributed by atoms with E-state index in [1.54, 1.807) is 67.8 Å². The van der Waals surface area contributed by atoms with Gasteiger partial charge in [0.05, 0.1) is 12.1 Å². The molecule has 10 heteroatoms. The summed E-state index contributed by atoms with van der Waals surface area (Å²) in [6.45, 7) is 1.39. The minimum Gasteiger partial charge on any atom is -0.497 e. The van der Waals surface area contributed by atoms with Gasteiger partial charge in [0.2, 0.25) is 5.91 Å². The molecule has 3 aromatic carbocycles. The number of anilines is 2. The fraction of sp³-hybridized carbons (Fsp3) is 0.222. The first kappa shape index (κ1) is 28.0. The molecule has 8 nitrogen and oxygen atoms in total. The zero-order valence-electron chi connectivity index (χ0n) is 20.3. The van der Waals surface area contributed by atoms with E-state index in [4.69, 9.17) is 25.8 Å². The topological polar surface area (TPSA) is 103 Å². The van der Waals surface area contributed by atoms with Crippen molar-refractivity contribution in [1.82, 2.24) is 0 Å². The van der Waals surface area contributed by atoms with Gasteiger partial charge in [0.1, 0.15) is 17.2 Å². The average molecular weight is 590 g/mol. The smallest absolute Gasteiger partial charge is 0.306 e. The number of rotatable bonds is 11. The van der Waals surface area contributed by atoms with Crippen molar-refractivity contribution in [1.29, 1.82) is 0 Å². The molecule has 0 radical (unpaired) electrons. The van der Waals surface area contributed by atoms with Crippen molar-refractivity contribution >= 4 is 56.7 Å². The summed E-state index contributed by atoms with van der Waals surface area (Å²) in [7, 11) is 1.60. The van der Waals surface area contributed by atoms with Crippen molar-refractivity contribution in [2.75, 3.05) is 24.4 Å². The lowest BCUT2D eigenvalue weighted by Crippen LogP contribution is -2.21. The Morgan fingerprint density at radius 1 is 0.865 bits per heavy atom. The number of amides is 2. The van der Waals surface area contributed by atoms with Crippen molar-refractivity contribution in [3.63, 3.8) is 0 Å². The van der Waals surface area contributed by atoms with E-state index in [1.165, 1.54) is 0 Å². The summed E-state index contributed by atoms with van der Waals surface area (Å²) in [4.78, 5) is 36.2. The monoisotopic (exact) mass is 588 g/mol. The van der Waals surface area contributed by atoms with Gasteiger partial charge in [-0.3, -0.25) is 14.4 Å². The summed E-state index contributed by atoms with van der Waals surface area (Å²) in [6, 6.07) is 17.5. The van der Waals surface area contributed by atoms with Crippen LogP contribution in [0.5, 0.6) is 17.2 Å². The Kier molecular flexibility index (Phi) is 10.3. The van der Waals surface area contributed by atoms with Gasteiger partial charge in [-0.05, 0) is 95.5 Å². The van der Waals surface area contributed by atoms with Crippen LogP contribution in [0.3, 0.4) is 0 Å². The van der Waals surface area contributed by atoms with E-state index >= 15 is 0 Å². The molecule has 3 aromatic rings. The van der Waals surface area contributed by atoms with Crippen LogP contribution >= 0.6 is 27.5 Å². The molecule has 0 aliphatic rings. The van der Waals surface area contributed by atoms with Crippen LogP contribution in [0, 0.1) is 6.92 Å². The molecule has 0 aliphatic heterocycles. The predicted octanol–water partition coefficient (Wildman–Crippen LogP) is 6.50. The number of hydrogen-bond acceptors (Lipinski definition) is 6. The average Bonchev–Trinajstić information content (AvgIpc) is 2.87. The van der Waals surface area contributed by atoms with Crippen LogP contribution in [0.25, 0.3) is 0 Å². The maximum atomic E-state index is 12.2. The van der Waals surface area contributed by atoms with Crippen LogP contribution in [-0.2, 0) is 19.1 Å². The van der Waals surface area contributed by atoms with Crippen LogP contribution in [0.4, 0.5) is 11.4 Å². The third kappa shape index (κ3) is 9.11. The fourth-order valence-electron chi connectivity index (χ4n) is 3.19. The lowest BCUT2D eigenvalue weighted by molar-refractivity contribution is -0.147. The third-order valence-electron chi connectivity index (χ3n) is 5.12. The van der Waals surface area contributed by atoms with E-state index in [1.807, 2.05) is 6.92 Å². The van der Waals surface area contributed by atoms with Crippen LogP contribution < -0.4 is 20.1 Å². The maximum Gasteiger partial charge on any atom is 0.306 e. The maximum absolute atomic E-state index is 12.2. The third-order valence-corrected chi connectivity index (χ3v) is 6.32. The lowest BCUT2D eigenvalue weighted by Gasteiger charge is -2.10. The molecule has 0 saturated heterocycles. The first-order chi connectivity index (χ1) is 17.7. The fourth-order valence-corrected chi connectivity index (χ4v) is 3.81. The molecule has 2 N–H and O–H groups in total. The van der Waals surface area contributed by atoms with Gasteiger partial charge in [0.25, 0.3) is 5.91 Å². The van der Waals surface area contributed by atoms with E-state index < -0.39 is 18.5 Å². The normalized spacial score (nSPS) is 10.4. The minimum atomic E-state index is -0.562. The van der Waals surface area contributed by atoms with Crippen molar-refractivity contribution in [3.05, 3.63) is 75.7 Å². The molecule has 194 valence electrons. The Hall–Kier alpha value is -3.56. The van der Waals surface area contributed by atoms with E-state index in [2.05, 4.69) is 26.6 Å². The van der Waals surface area contributed by atoms with Gasteiger partial charge in [-0.2, -0.15) is 0 Å². The highest BCUT2D eigenvalue weighted by molar-refractivity contribution is 9.10. The van der Waals surface area contributed by atoms with Crippen LogP contribution in [-0.4, -0.2) is 31.5 Å². The molecule has 0 atom stereocenters. The number of halogens is 2. The van der Waals surface area contributed by atoms with E-state index in [9.17, 15) is 14.4 Å². The van der Waals surface area contributed by atoms with Crippen molar-refractivity contribution in [2.24, 2.45) is 0 Å². The Bertz CT molecular complexity index is 1250. The Labute approximate surface area is 228 Å². The second-order valence-electron chi connectivity index (χ2n) is 7.99. The number of methoxy groups -OCH3 is 1. The van der Waals surface area contributed by atoms with E-state index in [0.717, 1.165) is 15.8 Å². The number of carbonyl (C=O) groups excluding carboxylic acids is 3. The quantitative estimate of drug-likeness (QED) is 0.248.